The Kier molecular flexibility index (Phi) is 7.60. The van der Waals surface area contributed by atoms with E-state index in [0.29, 0.717) is 0 Å². The van der Waals surface area contributed by atoms with Gasteiger partial charge in [-0.3, -0.25) is 5.26 Å². The Bertz CT molecular complexity index is 584. The largest absolute Gasteiger partial charge is 0.251 e. The van der Waals surface area contributed by atoms with Gasteiger partial charge in [0.15, 0.2) is 11.6 Å². The van der Waals surface area contributed by atoms with Gasteiger partial charge in [-0.15, -0.1) is 0 Å². The first kappa shape index (κ1) is 21.3. The Balaban J connectivity index is 0.00000243. The lowest BCUT2D eigenvalue weighted by Crippen LogP contribution is -2.28. The molecule has 0 amide bonds. The maximum atomic E-state index is 14.3. The van der Waals surface area contributed by atoms with E-state index < -0.39 is 17.7 Å². The molecule has 26 heavy (non-hydrogen) atoms. The summed E-state index contributed by atoms with van der Waals surface area (Å²) in [5, 5.41) is 9.37. The smallest absolute Gasteiger partial charge is 0.165 e. The maximum absolute atomic E-state index is 14.3. The Morgan fingerprint density at radius 2 is 1.50 bits per heavy atom. The van der Waals surface area contributed by atoms with E-state index in [1.165, 1.54) is 32.6 Å². The molecule has 2 aliphatic carbocycles. The van der Waals surface area contributed by atoms with Crippen molar-refractivity contribution < 1.29 is 21.8 Å². The summed E-state index contributed by atoms with van der Waals surface area (Å²) in [6.07, 6.45) is 8.54. The molecule has 1 aromatic carbocycles. The summed E-state index contributed by atoms with van der Waals surface area (Å²) >= 11 is 0. The zero-order valence-corrected chi connectivity index (χ0v) is 15.3. The molecular weight excluding hydrogens is 334 g/mol. The molecule has 4 heteroatoms. The summed E-state index contributed by atoms with van der Waals surface area (Å²) in [5.41, 5.74) is 0.411. The van der Waals surface area contributed by atoms with Gasteiger partial charge < -0.3 is 0 Å². The molecule has 152 valence electrons. The number of hydrogen-bond donors (Lipinski definition) is 1. The maximum Gasteiger partial charge on any atom is 0.165 e. The van der Waals surface area contributed by atoms with E-state index in [-0.39, 0.29) is 27.3 Å². The van der Waals surface area contributed by atoms with Crippen molar-refractivity contribution >= 4 is 0 Å². The summed E-state index contributed by atoms with van der Waals surface area (Å²) in [6, 6.07) is 3.10. The normalized spacial score (nSPS) is 30.5. The molecule has 1 atom stereocenters. The summed E-state index contributed by atoms with van der Waals surface area (Å²) in [6.45, 7) is 3.87. The van der Waals surface area contributed by atoms with E-state index >= 15 is 0 Å². The van der Waals surface area contributed by atoms with Gasteiger partial charge in [0.1, 0.15) is 6.10 Å². The van der Waals surface area contributed by atoms with Crippen molar-refractivity contribution in [2.24, 2.45) is 23.7 Å². The molecule has 0 radical (unpaired) electrons. The molecule has 2 saturated carbocycles. The highest BCUT2D eigenvalue weighted by molar-refractivity contribution is 5.27. The van der Waals surface area contributed by atoms with Crippen LogP contribution in [0.15, 0.2) is 12.1 Å². The van der Waals surface area contributed by atoms with Gasteiger partial charge in [-0.05, 0) is 74.7 Å². The zero-order valence-electron chi connectivity index (χ0n) is 15.3. The topological polar surface area (TPSA) is 29.5 Å². The predicted octanol–water partition coefficient (Wildman–Crippen LogP) is 7.56. The molecule has 2 aliphatic rings. The lowest BCUT2D eigenvalue weighted by Gasteiger charge is -2.38. The standard InChI is InChI=1S/C21H30F2O2.CH4.2H2/c1-13-3-6-15(7-4-13)16-8-10-17(11-9-16)21(25-24)18-12-5-14(2)19(22)20(18)23;;;/h5,12-13,15-17,21,24H,3-4,6-11H2,1-2H3;1H4;2*1H. The number of aryl methyl sites for hydroxylation is 1. The minimum absolute atomic E-state index is 0. The Hall–Kier alpha value is -1.00. The van der Waals surface area contributed by atoms with Crippen LogP contribution in [0.1, 0.15) is 85.8 Å². The third kappa shape index (κ3) is 4.45. The quantitative estimate of drug-likeness (QED) is 0.436. The third-order valence-corrected chi connectivity index (χ3v) is 6.70. The van der Waals surface area contributed by atoms with Crippen LogP contribution in [0.5, 0.6) is 0 Å². The van der Waals surface area contributed by atoms with Crippen LogP contribution >= 0.6 is 0 Å². The van der Waals surface area contributed by atoms with Crippen molar-refractivity contribution in [2.45, 2.75) is 78.7 Å². The molecule has 2 fully saturated rings. The highest BCUT2D eigenvalue weighted by Crippen LogP contribution is 2.45. The van der Waals surface area contributed by atoms with Crippen LogP contribution in [0.2, 0.25) is 0 Å². The van der Waals surface area contributed by atoms with Gasteiger partial charge in [-0.25, -0.2) is 13.7 Å². The first-order valence-electron chi connectivity index (χ1n) is 9.76. The van der Waals surface area contributed by atoms with Crippen LogP contribution in [-0.4, -0.2) is 5.26 Å². The second-order valence-corrected chi connectivity index (χ2v) is 8.32. The van der Waals surface area contributed by atoms with Crippen molar-refractivity contribution in [3.8, 4) is 0 Å². The minimum atomic E-state index is -0.887. The molecule has 0 saturated heterocycles. The molecule has 0 aromatic heterocycles. The monoisotopic (exact) mass is 372 g/mol. The Morgan fingerprint density at radius 1 is 0.962 bits per heavy atom. The number of rotatable bonds is 4. The van der Waals surface area contributed by atoms with Gasteiger partial charge in [-0.1, -0.05) is 39.3 Å². The van der Waals surface area contributed by atoms with Crippen molar-refractivity contribution in [3.05, 3.63) is 34.9 Å². The predicted molar refractivity (Wildman–Crippen MR) is 105 cm³/mol. The van der Waals surface area contributed by atoms with Gasteiger partial charge in [0.25, 0.3) is 0 Å². The van der Waals surface area contributed by atoms with E-state index in [1.807, 2.05) is 0 Å². The second kappa shape index (κ2) is 9.27. The van der Waals surface area contributed by atoms with Crippen molar-refractivity contribution in [1.29, 1.82) is 0 Å². The van der Waals surface area contributed by atoms with Crippen molar-refractivity contribution in [1.82, 2.24) is 0 Å². The SMILES string of the molecule is C.Cc1ccc(C(OO)C2CCC(C3CCC(C)CC3)CC2)c(F)c1F.[HH].[HH]. The molecular formula is C22H38F2O2. The van der Waals surface area contributed by atoms with Crippen molar-refractivity contribution in [2.75, 3.05) is 0 Å². The van der Waals surface area contributed by atoms with Crippen LogP contribution < -0.4 is 0 Å². The number of benzene rings is 1. The van der Waals surface area contributed by atoms with Gasteiger partial charge in [-0.2, -0.15) is 0 Å². The van der Waals surface area contributed by atoms with E-state index in [2.05, 4.69) is 11.8 Å². The van der Waals surface area contributed by atoms with E-state index in [4.69, 9.17) is 0 Å². The molecule has 0 heterocycles. The van der Waals surface area contributed by atoms with Crippen LogP contribution in [0.3, 0.4) is 0 Å². The molecule has 3 rings (SSSR count). The average molecular weight is 373 g/mol. The highest BCUT2D eigenvalue weighted by Gasteiger charge is 2.35. The Morgan fingerprint density at radius 3 is 2.04 bits per heavy atom. The summed E-state index contributed by atoms with van der Waals surface area (Å²) in [4.78, 5) is 4.64. The van der Waals surface area contributed by atoms with Gasteiger partial charge in [0, 0.05) is 8.42 Å². The molecule has 0 bridgehead atoms. The lowest BCUT2D eigenvalue weighted by atomic mass is 9.68. The van der Waals surface area contributed by atoms with Crippen LogP contribution in [0.4, 0.5) is 8.78 Å². The highest BCUT2D eigenvalue weighted by atomic mass is 19.2. The lowest BCUT2D eigenvalue weighted by molar-refractivity contribution is -0.297. The van der Waals surface area contributed by atoms with Crippen LogP contribution in [-0.2, 0) is 4.89 Å². The molecule has 0 spiro atoms. The molecule has 0 aliphatic heterocycles. The van der Waals surface area contributed by atoms with E-state index in [9.17, 15) is 14.0 Å². The fourth-order valence-electron chi connectivity index (χ4n) is 4.95. The summed E-state index contributed by atoms with van der Waals surface area (Å²) in [5.74, 6) is 0.730. The average Bonchev–Trinajstić information content (AvgIpc) is 2.63. The van der Waals surface area contributed by atoms with E-state index in [0.717, 1.165) is 43.4 Å². The third-order valence-electron chi connectivity index (χ3n) is 6.70. The van der Waals surface area contributed by atoms with Crippen LogP contribution in [0, 0.1) is 42.2 Å². The number of halogens is 2. The van der Waals surface area contributed by atoms with Crippen molar-refractivity contribution in [3.63, 3.8) is 0 Å². The first-order valence-corrected chi connectivity index (χ1v) is 9.76. The number of hydrogen-bond acceptors (Lipinski definition) is 2. The summed E-state index contributed by atoms with van der Waals surface area (Å²) < 4.78 is 28.2. The van der Waals surface area contributed by atoms with Gasteiger partial charge >= 0.3 is 0 Å². The zero-order chi connectivity index (χ0) is 18.0. The fraction of sp³-hybridized carbons (Fsp3) is 0.727. The minimum Gasteiger partial charge on any atom is -0.251 e. The molecule has 1 N–H and O–H groups in total. The second-order valence-electron chi connectivity index (χ2n) is 8.32. The molecule has 1 aromatic rings. The van der Waals surface area contributed by atoms with E-state index in [1.54, 1.807) is 12.1 Å². The fourth-order valence-corrected chi connectivity index (χ4v) is 4.95. The molecule has 1 unspecified atom stereocenters. The summed E-state index contributed by atoms with van der Waals surface area (Å²) in [7, 11) is 0. The Labute approximate surface area is 159 Å². The molecule has 2 nitrogen and oxygen atoms in total. The van der Waals surface area contributed by atoms with Crippen LogP contribution in [0.25, 0.3) is 0 Å². The van der Waals surface area contributed by atoms with Gasteiger partial charge in [0.2, 0.25) is 0 Å². The van der Waals surface area contributed by atoms with Gasteiger partial charge in [0.05, 0.1) is 0 Å². The first-order chi connectivity index (χ1) is 12.0.